The number of anilines is 1. The molecule has 0 aliphatic carbocycles. The van der Waals surface area contributed by atoms with E-state index in [2.05, 4.69) is 21.2 Å². The topological polar surface area (TPSA) is 86.8 Å². The monoisotopic (exact) mass is 565 g/mol. The van der Waals surface area contributed by atoms with Crippen LogP contribution in [0, 0.1) is 6.92 Å². The highest BCUT2D eigenvalue weighted by molar-refractivity contribution is 9.10. The van der Waals surface area contributed by atoms with Crippen molar-refractivity contribution >= 4 is 43.5 Å². The summed E-state index contributed by atoms with van der Waals surface area (Å²) in [7, 11) is -3.51. The van der Waals surface area contributed by atoms with Crippen molar-refractivity contribution in [3.05, 3.63) is 64.1 Å². The van der Waals surface area contributed by atoms with Crippen LogP contribution in [0.4, 0.5) is 5.69 Å². The Morgan fingerprint density at radius 3 is 2.31 bits per heavy atom. The summed E-state index contributed by atoms with van der Waals surface area (Å²) >= 11 is 3.46. The summed E-state index contributed by atoms with van der Waals surface area (Å²) in [5.41, 5.74) is 2.50. The van der Waals surface area contributed by atoms with Crippen LogP contribution in [-0.4, -0.2) is 50.0 Å². The molecule has 35 heavy (non-hydrogen) atoms. The number of nitrogens with zero attached hydrogens (tertiary/aromatic N) is 2. The van der Waals surface area contributed by atoms with E-state index < -0.39 is 16.1 Å². The maximum atomic E-state index is 13.3. The van der Waals surface area contributed by atoms with Crippen molar-refractivity contribution in [1.29, 1.82) is 0 Å². The highest BCUT2D eigenvalue weighted by Gasteiger charge is 2.27. The average molecular weight is 567 g/mol. The number of aryl methyl sites for hydroxylation is 1. The summed E-state index contributed by atoms with van der Waals surface area (Å²) in [6.45, 7) is 8.03. The predicted molar refractivity (Wildman–Crippen MR) is 145 cm³/mol. The Morgan fingerprint density at radius 2 is 1.74 bits per heavy atom. The van der Waals surface area contributed by atoms with Crippen molar-refractivity contribution in [3.63, 3.8) is 0 Å². The van der Waals surface area contributed by atoms with E-state index in [0.29, 0.717) is 12.1 Å². The van der Waals surface area contributed by atoms with Crippen LogP contribution in [-0.2, 0) is 26.2 Å². The molecular weight excluding hydrogens is 530 g/mol. The molecule has 0 spiro atoms. The second-order valence-electron chi connectivity index (χ2n) is 8.92. The standard InChI is InChI=1S/C26H36BrN3O4S/c1-6-20(3)28-26(32)21(4)29(18-22-9-7-10-23(27)17-22)25(31)11-8-16-30(35(5,33)34)24-14-12-19(2)13-15-24/h7,9-10,12-15,17,20-21H,6,8,11,16,18H2,1-5H3,(H,28,32)/t20-,21+/m0/s1. The van der Waals surface area contributed by atoms with E-state index in [1.807, 2.05) is 57.2 Å². The Labute approximate surface area is 218 Å². The van der Waals surface area contributed by atoms with Crippen molar-refractivity contribution in [2.45, 2.75) is 65.6 Å². The fraction of sp³-hybridized carbons (Fsp3) is 0.462. The SMILES string of the molecule is CC[C@H](C)NC(=O)[C@@H](C)N(Cc1cccc(Br)c1)C(=O)CCCN(c1ccc(C)cc1)S(C)(=O)=O. The lowest BCUT2D eigenvalue weighted by Gasteiger charge is -2.30. The van der Waals surface area contributed by atoms with E-state index >= 15 is 0 Å². The number of amides is 2. The molecule has 2 amide bonds. The van der Waals surface area contributed by atoms with Crippen molar-refractivity contribution in [1.82, 2.24) is 10.2 Å². The van der Waals surface area contributed by atoms with Crippen molar-refractivity contribution in [2.75, 3.05) is 17.1 Å². The second-order valence-corrected chi connectivity index (χ2v) is 11.7. The molecule has 0 saturated carbocycles. The highest BCUT2D eigenvalue weighted by atomic mass is 79.9. The molecule has 0 aliphatic rings. The number of rotatable bonds is 12. The number of carbonyl (C=O) groups is 2. The molecule has 0 fully saturated rings. The van der Waals surface area contributed by atoms with Gasteiger partial charge in [-0.1, -0.05) is 52.7 Å². The van der Waals surface area contributed by atoms with Gasteiger partial charge in [0.05, 0.1) is 11.9 Å². The fourth-order valence-corrected chi connectivity index (χ4v) is 5.01. The van der Waals surface area contributed by atoms with E-state index in [1.165, 1.54) is 4.31 Å². The Bertz CT molecular complexity index is 1110. The number of sulfonamides is 1. The summed E-state index contributed by atoms with van der Waals surface area (Å²) in [6.07, 6.45) is 2.40. The first-order valence-electron chi connectivity index (χ1n) is 11.8. The van der Waals surface area contributed by atoms with E-state index in [0.717, 1.165) is 28.3 Å². The van der Waals surface area contributed by atoms with Crippen LogP contribution in [0.15, 0.2) is 53.0 Å². The lowest BCUT2D eigenvalue weighted by Crippen LogP contribution is -2.49. The molecule has 0 heterocycles. The maximum absolute atomic E-state index is 13.3. The third-order valence-electron chi connectivity index (χ3n) is 5.88. The molecule has 9 heteroatoms. The lowest BCUT2D eigenvalue weighted by atomic mass is 10.1. The first-order chi connectivity index (χ1) is 16.4. The molecule has 2 rings (SSSR count). The number of hydrogen-bond donors (Lipinski definition) is 1. The van der Waals surface area contributed by atoms with Gasteiger partial charge in [-0.15, -0.1) is 0 Å². The molecule has 2 atom stereocenters. The van der Waals surface area contributed by atoms with Crippen LogP contribution in [0.2, 0.25) is 0 Å². The minimum Gasteiger partial charge on any atom is -0.352 e. The van der Waals surface area contributed by atoms with Gasteiger partial charge in [-0.05, 0) is 63.4 Å². The number of benzene rings is 2. The first-order valence-corrected chi connectivity index (χ1v) is 14.4. The highest BCUT2D eigenvalue weighted by Crippen LogP contribution is 2.20. The van der Waals surface area contributed by atoms with Crippen LogP contribution in [0.1, 0.15) is 51.2 Å². The number of halogens is 1. The lowest BCUT2D eigenvalue weighted by molar-refractivity contribution is -0.140. The third kappa shape index (κ3) is 8.96. The molecule has 0 aromatic heterocycles. The number of hydrogen-bond acceptors (Lipinski definition) is 4. The average Bonchev–Trinajstić information content (AvgIpc) is 2.79. The van der Waals surface area contributed by atoms with E-state index in [1.54, 1.807) is 24.0 Å². The summed E-state index contributed by atoms with van der Waals surface area (Å²) in [6, 6.07) is 14.2. The Balaban J connectivity index is 2.16. The zero-order chi connectivity index (χ0) is 26.2. The second kappa shape index (κ2) is 13.1. The van der Waals surface area contributed by atoms with Gasteiger partial charge < -0.3 is 10.2 Å². The largest absolute Gasteiger partial charge is 0.352 e. The van der Waals surface area contributed by atoms with E-state index in [4.69, 9.17) is 0 Å². The van der Waals surface area contributed by atoms with Crippen molar-refractivity contribution in [3.8, 4) is 0 Å². The molecule has 7 nitrogen and oxygen atoms in total. The zero-order valence-corrected chi connectivity index (χ0v) is 23.5. The molecule has 0 aliphatic heterocycles. The molecule has 0 saturated heterocycles. The van der Waals surface area contributed by atoms with Crippen LogP contribution < -0.4 is 9.62 Å². The van der Waals surface area contributed by atoms with Crippen LogP contribution in [0.5, 0.6) is 0 Å². The van der Waals surface area contributed by atoms with Gasteiger partial charge in [0.2, 0.25) is 21.8 Å². The maximum Gasteiger partial charge on any atom is 0.242 e. The predicted octanol–water partition coefficient (Wildman–Crippen LogP) is 4.64. The summed E-state index contributed by atoms with van der Waals surface area (Å²) in [4.78, 5) is 27.7. The molecule has 0 radical (unpaired) electrons. The molecule has 0 bridgehead atoms. The first kappa shape index (κ1) is 28.8. The van der Waals surface area contributed by atoms with Crippen LogP contribution >= 0.6 is 15.9 Å². The summed E-state index contributed by atoms with van der Waals surface area (Å²) < 4.78 is 27.0. The van der Waals surface area contributed by atoms with Gasteiger partial charge in [-0.3, -0.25) is 13.9 Å². The van der Waals surface area contributed by atoms with Gasteiger partial charge in [0.15, 0.2) is 0 Å². The van der Waals surface area contributed by atoms with Gasteiger partial charge in [-0.25, -0.2) is 8.42 Å². The Hall–Kier alpha value is -2.39. The molecule has 1 N–H and O–H groups in total. The number of carbonyl (C=O) groups excluding carboxylic acids is 2. The third-order valence-corrected chi connectivity index (χ3v) is 7.57. The van der Waals surface area contributed by atoms with E-state index in [9.17, 15) is 18.0 Å². The minimum atomic E-state index is -3.51. The van der Waals surface area contributed by atoms with Crippen LogP contribution in [0.3, 0.4) is 0 Å². The molecule has 0 unspecified atom stereocenters. The van der Waals surface area contributed by atoms with Crippen LogP contribution in [0.25, 0.3) is 0 Å². The Morgan fingerprint density at radius 1 is 1.09 bits per heavy atom. The molecular formula is C26H36BrN3O4S. The van der Waals surface area contributed by atoms with Crippen molar-refractivity contribution < 1.29 is 18.0 Å². The van der Waals surface area contributed by atoms with Crippen molar-refractivity contribution in [2.24, 2.45) is 0 Å². The van der Waals surface area contributed by atoms with Gasteiger partial charge in [-0.2, -0.15) is 0 Å². The van der Waals surface area contributed by atoms with Gasteiger partial charge in [0.25, 0.3) is 0 Å². The number of nitrogens with one attached hydrogen (secondary N) is 1. The smallest absolute Gasteiger partial charge is 0.242 e. The molecule has 192 valence electrons. The fourth-order valence-electron chi connectivity index (χ4n) is 3.60. The Kier molecular flexibility index (Phi) is 10.8. The molecule has 2 aromatic carbocycles. The van der Waals surface area contributed by atoms with E-state index in [-0.39, 0.29) is 37.4 Å². The van der Waals surface area contributed by atoms with Gasteiger partial charge in [0, 0.05) is 30.0 Å². The minimum absolute atomic E-state index is 0.00519. The zero-order valence-electron chi connectivity index (χ0n) is 21.1. The molecule has 2 aromatic rings. The normalized spacial score (nSPS) is 13.1. The van der Waals surface area contributed by atoms with Gasteiger partial charge >= 0.3 is 0 Å². The quantitative estimate of drug-likeness (QED) is 0.406. The summed E-state index contributed by atoms with van der Waals surface area (Å²) in [5.74, 6) is -0.408. The van der Waals surface area contributed by atoms with Gasteiger partial charge in [0.1, 0.15) is 6.04 Å². The summed E-state index contributed by atoms with van der Waals surface area (Å²) in [5, 5.41) is 2.95.